The summed E-state index contributed by atoms with van der Waals surface area (Å²) in [7, 11) is 0. The molecule has 88 valence electrons. The zero-order valence-corrected chi connectivity index (χ0v) is 9.86. The first-order chi connectivity index (χ1) is 7.58. The average molecular weight is 221 g/mol. The van der Waals surface area contributed by atoms with E-state index in [-0.39, 0.29) is 6.42 Å². The summed E-state index contributed by atoms with van der Waals surface area (Å²) in [5.74, 6) is -0.851. The molecular weight excluding hydrogens is 202 g/mol. The van der Waals surface area contributed by atoms with E-state index in [2.05, 4.69) is 26.0 Å². The first-order valence-electron chi connectivity index (χ1n) is 5.67. The van der Waals surface area contributed by atoms with E-state index in [1.165, 1.54) is 5.56 Å². The Morgan fingerprint density at radius 2 is 2.06 bits per heavy atom. The van der Waals surface area contributed by atoms with Crippen molar-refractivity contribution in [2.24, 2.45) is 5.73 Å². The minimum Gasteiger partial charge on any atom is -0.481 e. The lowest BCUT2D eigenvalue weighted by Gasteiger charge is -2.15. The molecule has 1 aromatic rings. The van der Waals surface area contributed by atoms with Crippen LogP contribution in [0.3, 0.4) is 0 Å². The highest BCUT2D eigenvalue weighted by Crippen LogP contribution is 2.21. The van der Waals surface area contributed by atoms with Gasteiger partial charge in [-0.05, 0) is 29.5 Å². The van der Waals surface area contributed by atoms with E-state index in [1.807, 2.05) is 6.07 Å². The summed E-state index contributed by atoms with van der Waals surface area (Å²) in [6.07, 6.45) is 1.81. The van der Waals surface area contributed by atoms with Gasteiger partial charge >= 0.3 is 5.97 Å². The van der Waals surface area contributed by atoms with Crippen molar-refractivity contribution in [2.45, 2.75) is 39.2 Å². The predicted octanol–water partition coefficient (Wildman–Crippen LogP) is 2.29. The summed E-state index contributed by atoms with van der Waals surface area (Å²) in [6.45, 7) is 4.13. The number of benzene rings is 1. The molecule has 0 radical (unpaired) electrons. The van der Waals surface area contributed by atoms with Crippen LogP contribution in [0.15, 0.2) is 18.2 Å². The summed E-state index contributed by atoms with van der Waals surface area (Å²) in [4.78, 5) is 10.7. The maximum absolute atomic E-state index is 10.7. The molecule has 0 bridgehead atoms. The summed E-state index contributed by atoms with van der Waals surface area (Å²) < 4.78 is 0. The largest absolute Gasteiger partial charge is 0.481 e. The molecule has 1 unspecified atom stereocenters. The van der Waals surface area contributed by atoms with Gasteiger partial charge in [0.2, 0.25) is 0 Å². The summed E-state index contributed by atoms with van der Waals surface area (Å²) in [5, 5.41) is 8.76. The van der Waals surface area contributed by atoms with Gasteiger partial charge < -0.3 is 10.8 Å². The minimum atomic E-state index is -0.851. The third-order valence-corrected chi connectivity index (χ3v) is 2.79. The fraction of sp³-hybridized carbons (Fsp3) is 0.462. The number of hydrogen-bond acceptors (Lipinski definition) is 2. The number of nitrogens with two attached hydrogens (primary N) is 1. The SMILES string of the molecule is CCc1ccc(CC)c(C(N)CC(=O)O)c1. The molecule has 3 heteroatoms. The Morgan fingerprint density at radius 1 is 1.38 bits per heavy atom. The van der Waals surface area contributed by atoms with Crippen LogP contribution in [-0.4, -0.2) is 11.1 Å². The van der Waals surface area contributed by atoms with E-state index >= 15 is 0 Å². The van der Waals surface area contributed by atoms with Gasteiger partial charge in [-0.15, -0.1) is 0 Å². The van der Waals surface area contributed by atoms with Crippen LogP contribution in [0.5, 0.6) is 0 Å². The highest BCUT2D eigenvalue weighted by molar-refractivity contribution is 5.68. The summed E-state index contributed by atoms with van der Waals surface area (Å²) >= 11 is 0. The first kappa shape index (κ1) is 12.7. The Balaban J connectivity index is 3.02. The van der Waals surface area contributed by atoms with Crippen LogP contribution in [0.1, 0.15) is 43.0 Å². The van der Waals surface area contributed by atoms with E-state index < -0.39 is 12.0 Å². The van der Waals surface area contributed by atoms with Crippen molar-refractivity contribution < 1.29 is 9.90 Å². The number of carbonyl (C=O) groups is 1. The average Bonchev–Trinajstić information content (AvgIpc) is 2.27. The van der Waals surface area contributed by atoms with Gasteiger partial charge in [0.15, 0.2) is 0 Å². The van der Waals surface area contributed by atoms with Crippen LogP contribution in [0.2, 0.25) is 0 Å². The van der Waals surface area contributed by atoms with E-state index in [0.29, 0.717) is 0 Å². The van der Waals surface area contributed by atoms with Gasteiger partial charge in [0.25, 0.3) is 0 Å². The Labute approximate surface area is 96.3 Å². The van der Waals surface area contributed by atoms with Gasteiger partial charge in [-0.1, -0.05) is 32.0 Å². The summed E-state index contributed by atoms with van der Waals surface area (Å²) in [6, 6.07) is 5.76. The molecule has 1 atom stereocenters. The molecule has 0 aliphatic carbocycles. The van der Waals surface area contributed by atoms with Crippen molar-refractivity contribution in [3.8, 4) is 0 Å². The van der Waals surface area contributed by atoms with Crippen LogP contribution >= 0.6 is 0 Å². The maximum Gasteiger partial charge on any atom is 0.305 e. The van der Waals surface area contributed by atoms with Crippen molar-refractivity contribution in [1.82, 2.24) is 0 Å². The lowest BCUT2D eigenvalue weighted by atomic mass is 9.94. The number of hydrogen-bond donors (Lipinski definition) is 2. The maximum atomic E-state index is 10.7. The normalized spacial score (nSPS) is 12.4. The second kappa shape index (κ2) is 5.66. The van der Waals surface area contributed by atoms with Gasteiger partial charge in [-0.2, -0.15) is 0 Å². The highest BCUT2D eigenvalue weighted by atomic mass is 16.4. The van der Waals surface area contributed by atoms with E-state index in [0.717, 1.165) is 24.0 Å². The lowest BCUT2D eigenvalue weighted by Crippen LogP contribution is -2.17. The standard InChI is InChI=1S/C13H19NO2/c1-3-9-5-6-10(4-2)11(7-9)12(14)8-13(15)16/h5-7,12H,3-4,8,14H2,1-2H3,(H,15,16). The zero-order valence-electron chi connectivity index (χ0n) is 9.86. The first-order valence-corrected chi connectivity index (χ1v) is 5.67. The fourth-order valence-electron chi connectivity index (χ4n) is 1.83. The molecule has 1 rings (SSSR count). The molecular formula is C13H19NO2. The highest BCUT2D eigenvalue weighted by Gasteiger charge is 2.14. The number of carboxylic acids is 1. The van der Waals surface area contributed by atoms with Crippen LogP contribution < -0.4 is 5.73 Å². The molecule has 0 heterocycles. The Hall–Kier alpha value is -1.35. The summed E-state index contributed by atoms with van der Waals surface area (Å²) in [5.41, 5.74) is 9.24. The molecule has 0 aliphatic rings. The molecule has 0 aliphatic heterocycles. The van der Waals surface area contributed by atoms with Crippen LogP contribution in [-0.2, 0) is 17.6 Å². The molecule has 0 spiro atoms. The molecule has 0 aromatic heterocycles. The topological polar surface area (TPSA) is 63.3 Å². The van der Waals surface area contributed by atoms with Gasteiger partial charge in [-0.25, -0.2) is 0 Å². The third kappa shape index (κ3) is 3.07. The second-order valence-electron chi connectivity index (χ2n) is 3.94. The Bertz CT molecular complexity index is 374. The lowest BCUT2D eigenvalue weighted by molar-refractivity contribution is -0.137. The minimum absolute atomic E-state index is 0.0137. The van der Waals surface area contributed by atoms with Gasteiger partial charge in [0.1, 0.15) is 0 Å². The molecule has 0 fully saturated rings. The second-order valence-corrected chi connectivity index (χ2v) is 3.94. The van der Waals surface area contributed by atoms with Crippen LogP contribution in [0.4, 0.5) is 0 Å². The van der Waals surface area contributed by atoms with E-state index in [4.69, 9.17) is 10.8 Å². The van der Waals surface area contributed by atoms with Crippen LogP contribution in [0.25, 0.3) is 0 Å². The molecule has 0 amide bonds. The number of aliphatic carboxylic acids is 1. The molecule has 3 N–H and O–H groups in total. The molecule has 0 saturated carbocycles. The van der Waals surface area contributed by atoms with Crippen molar-refractivity contribution in [3.05, 3.63) is 34.9 Å². The molecule has 0 saturated heterocycles. The molecule has 1 aromatic carbocycles. The molecule has 16 heavy (non-hydrogen) atoms. The number of aryl methyl sites for hydroxylation is 2. The quantitative estimate of drug-likeness (QED) is 0.801. The van der Waals surface area contributed by atoms with Gasteiger partial charge in [0, 0.05) is 6.04 Å². The number of carboxylic acid groups (broad SMARTS) is 1. The number of rotatable bonds is 5. The van der Waals surface area contributed by atoms with E-state index in [1.54, 1.807) is 0 Å². The smallest absolute Gasteiger partial charge is 0.305 e. The fourth-order valence-corrected chi connectivity index (χ4v) is 1.83. The zero-order chi connectivity index (χ0) is 12.1. The Morgan fingerprint density at radius 3 is 2.56 bits per heavy atom. The van der Waals surface area contributed by atoms with Gasteiger partial charge in [0.05, 0.1) is 6.42 Å². The molecule has 3 nitrogen and oxygen atoms in total. The Kier molecular flexibility index (Phi) is 4.50. The van der Waals surface area contributed by atoms with E-state index in [9.17, 15) is 4.79 Å². The van der Waals surface area contributed by atoms with Crippen LogP contribution in [0, 0.1) is 0 Å². The van der Waals surface area contributed by atoms with Crippen molar-refractivity contribution in [2.75, 3.05) is 0 Å². The van der Waals surface area contributed by atoms with Crippen molar-refractivity contribution in [1.29, 1.82) is 0 Å². The van der Waals surface area contributed by atoms with Gasteiger partial charge in [-0.3, -0.25) is 4.79 Å². The van der Waals surface area contributed by atoms with Crippen molar-refractivity contribution in [3.63, 3.8) is 0 Å². The van der Waals surface area contributed by atoms with Crippen molar-refractivity contribution >= 4 is 5.97 Å². The monoisotopic (exact) mass is 221 g/mol. The third-order valence-electron chi connectivity index (χ3n) is 2.79. The predicted molar refractivity (Wildman–Crippen MR) is 64.4 cm³/mol.